The van der Waals surface area contributed by atoms with Crippen molar-refractivity contribution in [2.24, 2.45) is 5.10 Å². The fraction of sp³-hybridized carbons (Fsp3) is 0.125. The van der Waals surface area contributed by atoms with Gasteiger partial charge in [0.25, 0.3) is 5.91 Å². The Hall–Kier alpha value is -3.26. The summed E-state index contributed by atoms with van der Waals surface area (Å²) in [5, 5.41) is 5.08. The van der Waals surface area contributed by atoms with Gasteiger partial charge < -0.3 is 14.2 Å². The van der Waals surface area contributed by atoms with Crippen LogP contribution in [0.4, 0.5) is 0 Å². The van der Waals surface area contributed by atoms with E-state index in [2.05, 4.69) is 10.5 Å². The molecule has 1 atom stereocenters. The highest BCUT2D eigenvalue weighted by Gasteiger charge is 2.16. The van der Waals surface area contributed by atoms with Crippen LogP contribution in [0, 0.1) is 0 Å². The van der Waals surface area contributed by atoms with E-state index in [0.717, 1.165) is 0 Å². The minimum absolute atomic E-state index is 0.163. The Balaban J connectivity index is 1.61. The van der Waals surface area contributed by atoms with Crippen LogP contribution in [0.15, 0.2) is 65.8 Å². The number of rotatable bonds is 8. The van der Waals surface area contributed by atoms with Gasteiger partial charge in [0, 0.05) is 10.0 Å². The molecule has 176 valence electrons. The maximum absolute atomic E-state index is 12.5. The second-order valence-corrected chi connectivity index (χ2v) is 8.15. The van der Waals surface area contributed by atoms with Crippen LogP contribution in [0.25, 0.3) is 0 Å². The van der Waals surface area contributed by atoms with Gasteiger partial charge in [0.2, 0.25) is 0 Å². The van der Waals surface area contributed by atoms with Gasteiger partial charge in [0.1, 0.15) is 5.75 Å². The molecule has 0 aliphatic heterocycles. The first kappa shape index (κ1) is 25.4. The van der Waals surface area contributed by atoms with Gasteiger partial charge in [0.05, 0.1) is 23.9 Å². The molecule has 3 aromatic carbocycles. The second kappa shape index (κ2) is 11.7. The van der Waals surface area contributed by atoms with Crippen LogP contribution in [-0.4, -0.2) is 31.3 Å². The van der Waals surface area contributed by atoms with E-state index in [1.165, 1.54) is 37.6 Å². The minimum atomic E-state index is -0.783. The van der Waals surface area contributed by atoms with Crippen molar-refractivity contribution in [2.45, 2.75) is 13.0 Å². The van der Waals surface area contributed by atoms with Crippen LogP contribution in [0.3, 0.4) is 0 Å². The summed E-state index contributed by atoms with van der Waals surface area (Å²) in [5.41, 5.74) is 3.16. The van der Waals surface area contributed by atoms with Crippen molar-refractivity contribution in [1.82, 2.24) is 5.43 Å². The number of hydrogen-bond donors (Lipinski definition) is 1. The highest BCUT2D eigenvalue weighted by Crippen LogP contribution is 2.30. The predicted octanol–water partition coefficient (Wildman–Crippen LogP) is 5.79. The van der Waals surface area contributed by atoms with Crippen LogP contribution in [-0.2, 0) is 4.79 Å². The molecule has 3 aromatic rings. The van der Waals surface area contributed by atoms with E-state index in [0.29, 0.717) is 21.4 Å². The average Bonchev–Trinajstić information content (AvgIpc) is 2.81. The monoisotopic (exact) mass is 520 g/mol. The highest BCUT2D eigenvalue weighted by atomic mass is 35.5. The van der Waals surface area contributed by atoms with E-state index in [1.807, 2.05) is 0 Å². The molecular formula is C24H19Cl3N2O5. The van der Waals surface area contributed by atoms with E-state index in [-0.39, 0.29) is 22.1 Å². The summed E-state index contributed by atoms with van der Waals surface area (Å²) in [7, 11) is 1.43. The Kier molecular flexibility index (Phi) is 8.76. The van der Waals surface area contributed by atoms with E-state index < -0.39 is 18.0 Å². The van der Waals surface area contributed by atoms with Crippen molar-refractivity contribution in [3.63, 3.8) is 0 Å². The maximum Gasteiger partial charge on any atom is 0.345 e. The average molecular weight is 522 g/mol. The zero-order chi connectivity index (χ0) is 24.7. The number of methoxy groups -OCH3 is 1. The first-order valence-electron chi connectivity index (χ1n) is 9.87. The topological polar surface area (TPSA) is 86.2 Å². The van der Waals surface area contributed by atoms with E-state index in [4.69, 9.17) is 49.0 Å². The van der Waals surface area contributed by atoms with Gasteiger partial charge in [-0.1, -0.05) is 34.8 Å². The number of halogens is 3. The van der Waals surface area contributed by atoms with Crippen LogP contribution in [0.2, 0.25) is 15.1 Å². The molecule has 34 heavy (non-hydrogen) atoms. The highest BCUT2D eigenvalue weighted by molar-refractivity contribution is 6.36. The fourth-order valence-corrected chi connectivity index (χ4v) is 3.30. The lowest BCUT2D eigenvalue weighted by Crippen LogP contribution is -2.33. The molecule has 0 heterocycles. The molecular weight excluding hydrogens is 503 g/mol. The van der Waals surface area contributed by atoms with Gasteiger partial charge in [-0.3, -0.25) is 4.79 Å². The zero-order valence-electron chi connectivity index (χ0n) is 18.1. The molecule has 3 rings (SSSR count). The Labute approximate surface area is 211 Å². The van der Waals surface area contributed by atoms with Gasteiger partial charge >= 0.3 is 5.97 Å². The number of nitrogens with zero attached hydrogens (tertiary/aromatic N) is 1. The van der Waals surface area contributed by atoms with Crippen LogP contribution in [0.5, 0.6) is 17.2 Å². The largest absolute Gasteiger partial charge is 0.493 e. The van der Waals surface area contributed by atoms with E-state index >= 15 is 0 Å². The van der Waals surface area contributed by atoms with Gasteiger partial charge in [-0.15, -0.1) is 0 Å². The van der Waals surface area contributed by atoms with Gasteiger partial charge in [-0.05, 0) is 73.2 Å². The minimum Gasteiger partial charge on any atom is -0.493 e. The number of esters is 1. The third-order valence-electron chi connectivity index (χ3n) is 4.43. The molecule has 1 amide bonds. The SMILES string of the molecule is COc1cc(/C=N\NC(=O)[C@@H](C)Oc2ccc(Cl)cc2)ccc1OC(=O)c1ccc(Cl)cc1Cl. The van der Waals surface area contributed by atoms with E-state index in [1.54, 1.807) is 43.3 Å². The van der Waals surface area contributed by atoms with Crippen molar-refractivity contribution in [1.29, 1.82) is 0 Å². The molecule has 1 N–H and O–H groups in total. The molecule has 7 nitrogen and oxygen atoms in total. The third-order valence-corrected chi connectivity index (χ3v) is 5.23. The van der Waals surface area contributed by atoms with Crippen LogP contribution >= 0.6 is 34.8 Å². The molecule has 0 aliphatic rings. The Morgan fingerprint density at radius 3 is 2.32 bits per heavy atom. The molecule has 0 aromatic heterocycles. The molecule has 0 saturated carbocycles. The standard InChI is InChI=1S/C24H19Cl3N2O5/c1-14(33-18-7-4-16(25)5-8-18)23(30)29-28-13-15-3-10-21(22(11-15)32-2)34-24(31)19-9-6-17(26)12-20(19)27/h3-14H,1-2H3,(H,29,30)/b28-13-/t14-/m1/s1. The third kappa shape index (κ3) is 6.87. The van der Waals surface area contributed by atoms with Crippen molar-refractivity contribution in [3.05, 3.63) is 86.9 Å². The summed E-state index contributed by atoms with van der Waals surface area (Å²) < 4.78 is 16.3. The van der Waals surface area contributed by atoms with Crippen molar-refractivity contribution in [3.8, 4) is 17.2 Å². The van der Waals surface area contributed by atoms with Crippen molar-refractivity contribution in [2.75, 3.05) is 7.11 Å². The molecule has 0 aliphatic carbocycles. The maximum atomic E-state index is 12.5. The lowest BCUT2D eigenvalue weighted by molar-refractivity contribution is -0.127. The summed E-state index contributed by atoms with van der Waals surface area (Å²) in [6, 6.07) is 15.9. The van der Waals surface area contributed by atoms with Crippen molar-refractivity contribution >= 4 is 52.9 Å². The molecule has 10 heteroatoms. The smallest absolute Gasteiger partial charge is 0.345 e. The number of hydrogen-bond acceptors (Lipinski definition) is 6. The number of nitrogens with one attached hydrogen (secondary N) is 1. The van der Waals surface area contributed by atoms with E-state index in [9.17, 15) is 9.59 Å². The first-order chi connectivity index (χ1) is 16.3. The first-order valence-corrected chi connectivity index (χ1v) is 11.0. The van der Waals surface area contributed by atoms with Crippen LogP contribution < -0.4 is 19.6 Å². The number of benzene rings is 3. The lowest BCUT2D eigenvalue weighted by Gasteiger charge is -2.13. The van der Waals surface area contributed by atoms with Gasteiger partial charge in [-0.2, -0.15) is 5.10 Å². The summed E-state index contributed by atoms with van der Waals surface area (Å²) in [5.74, 6) is -0.129. The zero-order valence-corrected chi connectivity index (χ0v) is 20.3. The second-order valence-electron chi connectivity index (χ2n) is 6.87. The lowest BCUT2D eigenvalue weighted by atomic mass is 10.2. The Bertz CT molecular complexity index is 1220. The summed E-state index contributed by atoms with van der Waals surface area (Å²) >= 11 is 17.8. The van der Waals surface area contributed by atoms with Gasteiger partial charge in [0.15, 0.2) is 17.6 Å². The molecule has 0 fully saturated rings. The molecule has 0 unspecified atom stereocenters. The normalized spacial score (nSPS) is 11.7. The number of amides is 1. The molecule has 0 radical (unpaired) electrons. The number of ether oxygens (including phenoxy) is 3. The number of carbonyl (C=O) groups excluding carboxylic acids is 2. The van der Waals surface area contributed by atoms with Gasteiger partial charge in [-0.25, -0.2) is 10.2 Å². The number of carbonyl (C=O) groups is 2. The summed E-state index contributed by atoms with van der Waals surface area (Å²) in [6.45, 7) is 1.60. The summed E-state index contributed by atoms with van der Waals surface area (Å²) in [6.07, 6.45) is 0.631. The molecule has 0 bridgehead atoms. The predicted molar refractivity (Wildman–Crippen MR) is 132 cm³/mol. The molecule has 0 saturated heterocycles. The Morgan fingerprint density at radius 2 is 1.65 bits per heavy atom. The van der Waals surface area contributed by atoms with Crippen molar-refractivity contribution < 1.29 is 23.8 Å². The fourth-order valence-electron chi connectivity index (χ4n) is 2.69. The quantitative estimate of drug-likeness (QED) is 0.175. The van der Waals surface area contributed by atoms with Crippen LogP contribution in [0.1, 0.15) is 22.8 Å². The Morgan fingerprint density at radius 1 is 0.941 bits per heavy atom. The number of hydrazone groups is 1. The summed E-state index contributed by atoms with van der Waals surface area (Å²) in [4.78, 5) is 24.7. The molecule has 0 spiro atoms.